The van der Waals surface area contributed by atoms with Crippen molar-refractivity contribution in [2.24, 2.45) is 0 Å². The van der Waals surface area contributed by atoms with Crippen LogP contribution in [0.15, 0.2) is 12.4 Å². The molecule has 0 fully saturated rings. The first kappa shape index (κ1) is 11.7. The van der Waals surface area contributed by atoms with Gasteiger partial charge in [0.2, 0.25) is 0 Å². The summed E-state index contributed by atoms with van der Waals surface area (Å²) < 4.78 is 0. The van der Waals surface area contributed by atoms with Crippen molar-refractivity contribution in [2.75, 3.05) is 7.05 Å². The third kappa shape index (κ3) is 2.65. The minimum absolute atomic E-state index is 0.627. The average Bonchev–Trinajstić information content (AvgIpc) is 2.85. The Hall–Kier alpha value is -1.82. The van der Waals surface area contributed by atoms with Gasteiger partial charge >= 0.3 is 0 Å². The topological polar surface area (TPSA) is 79.4 Å². The molecule has 17 heavy (non-hydrogen) atoms. The number of rotatable bonds is 5. The highest BCUT2D eigenvalue weighted by Crippen LogP contribution is 2.14. The van der Waals surface area contributed by atoms with Crippen molar-refractivity contribution in [3.8, 4) is 11.5 Å². The SMILES string of the molecule is CCCc1nc(-c2cn[nH]n2)ncc1CNC. The number of nitrogens with zero attached hydrogens (tertiary/aromatic N) is 4. The van der Waals surface area contributed by atoms with Crippen LogP contribution in [0.25, 0.3) is 11.5 Å². The summed E-state index contributed by atoms with van der Waals surface area (Å²) >= 11 is 0. The lowest BCUT2D eigenvalue weighted by Crippen LogP contribution is -2.10. The average molecular weight is 232 g/mol. The fourth-order valence-electron chi connectivity index (χ4n) is 1.67. The predicted octanol–water partition coefficient (Wildman–Crippen LogP) is 0.934. The van der Waals surface area contributed by atoms with Crippen LogP contribution in [0.5, 0.6) is 0 Å². The van der Waals surface area contributed by atoms with Gasteiger partial charge < -0.3 is 5.32 Å². The number of hydrogen-bond acceptors (Lipinski definition) is 5. The molecule has 0 aliphatic carbocycles. The fraction of sp³-hybridized carbons (Fsp3) is 0.455. The van der Waals surface area contributed by atoms with Crippen LogP contribution >= 0.6 is 0 Å². The van der Waals surface area contributed by atoms with Crippen LogP contribution in [0.1, 0.15) is 24.6 Å². The second-order valence-corrected chi connectivity index (χ2v) is 3.80. The Bertz CT molecular complexity index is 465. The summed E-state index contributed by atoms with van der Waals surface area (Å²) in [5.41, 5.74) is 2.90. The summed E-state index contributed by atoms with van der Waals surface area (Å²) in [6, 6.07) is 0. The summed E-state index contributed by atoms with van der Waals surface area (Å²) in [4.78, 5) is 8.86. The summed E-state index contributed by atoms with van der Waals surface area (Å²) in [5.74, 6) is 0.627. The molecule has 6 nitrogen and oxygen atoms in total. The highest BCUT2D eigenvalue weighted by atomic mass is 15.3. The van der Waals surface area contributed by atoms with Crippen LogP contribution < -0.4 is 5.32 Å². The quantitative estimate of drug-likeness (QED) is 0.801. The van der Waals surface area contributed by atoms with Crippen LogP contribution in [0.2, 0.25) is 0 Å². The van der Waals surface area contributed by atoms with E-state index in [2.05, 4.69) is 37.6 Å². The maximum absolute atomic E-state index is 4.55. The van der Waals surface area contributed by atoms with Gasteiger partial charge in [-0.05, 0) is 13.5 Å². The Balaban J connectivity index is 2.34. The third-order valence-corrected chi connectivity index (χ3v) is 2.45. The number of hydrogen-bond donors (Lipinski definition) is 2. The smallest absolute Gasteiger partial charge is 0.181 e. The molecule has 0 aromatic carbocycles. The summed E-state index contributed by atoms with van der Waals surface area (Å²) in [6.45, 7) is 2.93. The lowest BCUT2D eigenvalue weighted by atomic mass is 10.1. The summed E-state index contributed by atoms with van der Waals surface area (Å²) in [7, 11) is 1.92. The van der Waals surface area contributed by atoms with Gasteiger partial charge in [0.25, 0.3) is 0 Å². The third-order valence-electron chi connectivity index (χ3n) is 2.45. The largest absolute Gasteiger partial charge is 0.316 e. The lowest BCUT2D eigenvalue weighted by Gasteiger charge is -2.07. The number of nitrogens with one attached hydrogen (secondary N) is 2. The van der Waals surface area contributed by atoms with Crippen LogP contribution in [0, 0.1) is 0 Å². The molecule has 2 N–H and O–H groups in total. The first-order valence-corrected chi connectivity index (χ1v) is 5.70. The van der Waals surface area contributed by atoms with E-state index in [4.69, 9.17) is 0 Å². The molecular formula is C11H16N6. The molecule has 90 valence electrons. The zero-order valence-corrected chi connectivity index (χ0v) is 10.1. The molecule has 0 bridgehead atoms. The Morgan fingerprint density at radius 3 is 2.88 bits per heavy atom. The van der Waals surface area contributed by atoms with Gasteiger partial charge in [-0.2, -0.15) is 15.4 Å². The number of aromatic nitrogens is 5. The van der Waals surface area contributed by atoms with Gasteiger partial charge in [-0.1, -0.05) is 13.3 Å². The van der Waals surface area contributed by atoms with Crippen molar-refractivity contribution in [3.05, 3.63) is 23.7 Å². The Kier molecular flexibility index (Phi) is 3.77. The Labute approximate surface area is 99.9 Å². The van der Waals surface area contributed by atoms with Crippen LogP contribution in [-0.4, -0.2) is 32.4 Å². The molecule has 0 spiro atoms. The Morgan fingerprint density at radius 2 is 2.24 bits per heavy atom. The molecule has 0 amide bonds. The Morgan fingerprint density at radius 1 is 1.35 bits per heavy atom. The highest BCUT2D eigenvalue weighted by Gasteiger charge is 2.09. The van der Waals surface area contributed by atoms with E-state index in [0.29, 0.717) is 11.5 Å². The molecule has 0 atom stereocenters. The van der Waals surface area contributed by atoms with Gasteiger partial charge in [0, 0.05) is 24.0 Å². The molecule has 0 aliphatic rings. The standard InChI is InChI=1S/C11H16N6/c1-3-4-9-8(5-12-2)6-13-11(15-9)10-7-14-17-16-10/h6-7,12H,3-5H2,1-2H3,(H,14,16,17). The van der Waals surface area contributed by atoms with Crippen molar-refractivity contribution < 1.29 is 0 Å². The molecule has 2 aromatic rings. The second kappa shape index (κ2) is 5.49. The van der Waals surface area contributed by atoms with Crippen molar-refractivity contribution in [2.45, 2.75) is 26.3 Å². The molecule has 2 heterocycles. The van der Waals surface area contributed by atoms with E-state index in [1.54, 1.807) is 6.20 Å². The van der Waals surface area contributed by atoms with Gasteiger partial charge in [-0.3, -0.25) is 0 Å². The van der Waals surface area contributed by atoms with Gasteiger partial charge in [0.1, 0.15) is 5.69 Å². The van der Waals surface area contributed by atoms with Gasteiger partial charge in [-0.15, -0.1) is 0 Å². The monoisotopic (exact) mass is 232 g/mol. The minimum atomic E-state index is 0.627. The molecule has 0 saturated heterocycles. The van der Waals surface area contributed by atoms with E-state index >= 15 is 0 Å². The molecule has 0 unspecified atom stereocenters. The first-order chi connectivity index (χ1) is 8.35. The van der Waals surface area contributed by atoms with Crippen molar-refractivity contribution in [1.82, 2.24) is 30.7 Å². The number of aromatic amines is 1. The zero-order chi connectivity index (χ0) is 12.1. The van der Waals surface area contributed by atoms with Gasteiger partial charge in [-0.25, -0.2) is 9.97 Å². The van der Waals surface area contributed by atoms with E-state index in [1.165, 1.54) is 0 Å². The maximum atomic E-state index is 4.55. The molecule has 2 rings (SSSR count). The molecule has 0 aliphatic heterocycles. The lowest BCUT2D eigenvalue weighted by molar-refractivity contribution is 0.769. The molecular weight excluding hydrogens is 216 g/mol. The van der Waals surface area contributed by atoms with Crippen molar-refractivity contribution >= 4 is 0 Å². The number of H-pyrrole nitrogens is 1. The van der Waals surface area contributed by atoms with Crippen molar-refractivity contribution in [1.29, 1.82) is 0 Å². The normalized spacial score (nSPS) is 10.7. The van der Waals surface area contributed by atoms with Crippen LogP contribution in [-0.2, 0) is 13.0 Å². The van der Waals surface area contributed by atoms with Crippen molar-refractivity contribution in [3.63, 3.8) is 0 Å². The van der Waals surface area contributed by atoms with Gasteiger partial charge in [0.15, 0.2) is 5.82 Å². The molecule has 0 saturated carbocycles. The van der Waals surface area contributed by atoms with E-state index in [1.807, 2.05) is 13.2 Å². The highest BCUT2D eigenvalue weighted by molar-refractivity contribution is 5.46. The number of aryl methyl sites for hydroxylation is 1. The van der Waals surface area contributed by atoms with E-state index in [0.717, 1.165) is 30.6 Å². The van der Waals surface area contributed by atoms with Crippen LogP contribution in [0.3, 0.4) is 0 Å². The van der Waals surface area contributed by atoms with Crippen LogP contribution in [0.4, 0.5) is 0 Å². The summed E-state index contributed by atoms with van der Waals surface area (Å²) in [6.07, 6.45) is 5.50. The first-order valence-electron chi connectivity index (χ1n) is 5.70. The maximum Gasteiger partial charge on any atom is 0.181 e. The second-order valence-electron chi connectivity index (χ2n) is 3.80. The van der Waals surface area contributed by atoms with Gasteiger partial charge in [0.05, 0.1) is 6.20 Å². The van der Waals surface area contributed by atoms with E-state index < -0.39 is 0 Å². The fourth-order valence-corrected chi connectivity index (χ4v) is 1.67. The predicted molar refractivity (Wildman–Crippen MR) is 64.2 cm³/mol. The molecule has 6 heteroatoms. The zero-order valence-electron chi connectivity index (χ0n) is 10.1. The molecule has 2 aromatic heterocycles. The summed E-state index contributed by atoms with van der Waals surface area (Å²) in [5, 5.41) is 13.4. The van der Waals surface area contributed by atoms with E-state index in [-0.39, 0.29) is 0 Å². The van der Waals surface area contributed by atoms with E-state index in [9.17, 15) is 0 Å². The minimum Gasteiger partial charge on any atom is -0.316 e. The molecule has 0 radical (unpaired) electrons.